The number of para-hydroxylation sites is 1. The second-order valence-corrected chi connectivity index (χ2v) is 6.67. The minimum absolute atomic E-state index is 0.154. The number of fused-ring (bicyclic) bond motifs is 1. The first-order valence-corrected chi connectivity index (χ1v) is 9.10. The number of benzene rings is 2. The quantitative estimate of drug-likeness (QED) is 0.544. The average Bonchev–Trinajstić information content (AvgIpc) is 3.24. The van der Waals surface area contributed by atoms with Crippen LogP contribution in [-0.4, -0.2) is 20.7 Å². The highest BCUT2D eigenvalue weighted by Crippen LogP contribution is 2.33. The molecule has 1 amide bonds. The molecular formula is C22H22N4O. The van der Waals surface area contributed by atoms with Crippen LogP contribution in [0.1, 0.15) is 28.4 Å². The van der Waals surface area contributed by atoms with Gasteiger partial charge in [-0.1, -0.05) is 36.4 Å². The van der Waals surface area contributed by atoms with Gasteiger partial charge in [0.25, 0.3) is 5.91 Å². The first kappa shape index (κ1) is 17.1. The lowest BCUT2D eigenvalue weighted by Gasteiger charge is -2.07. The molecule has 0 atom stereocenters. The lowest BCUT2D eigenvalue weighted by Crippen LogP contribution is -2.13. The maximum absolute atomic E-state index is 12.5. The van der Waals surface area contributed by atoms with Crippen molar-refractivity contribution in [1.82, 2.24) is 14.8 Å². The van der Waals surface area contributed by atoms with Gasteiger partial charge in [0, 0.05) is 29.1 Å². The third kappa shape index (κ3) is 2.91. The van der Waals surface area contributed by atoms with E-state index < -0.39 is 0 Å². The number of aromatic amines is 1. The van der Waals surface area contributed by atoms with E-state index in [0.717, 1.165) is 23.5 Å². The van der Waals surface area contributed by atoms with Crippen LogP contribution in [0.5, 0.6) is 0 Å². The highest BCUT2D eigenvalue weighted by molar-refractivity contribution is 6.05. The van der Waals surface area contributed by atoms with Gasteiger partial charge in [0.1, 0.15) is 0 Å². The van der Waals surface area contributed by atoms with E-state index in [1.165, 1.54) is 16.5 Å². The van der Waals surface area contributed by atoms with E-state index >= 15 is 0 Å². The summed E-state index contributed by atoms with van der Waals surface area (Å²) in [4.78, 5) is 12.5. The second kappa shape index (κ2) is 6.76. The van der Waals surface area contributed by atoms with Crippen LogP contribution in [0.3, 0.4) is 0 Å². The number of hydrogen-bond acceptors (Lipinski definition) is 2. The molecule has 0 radical (unpaired) electrons. The highest BCUT2D eigenvalue weighted by atomic mass is 16.1. The van der Waals surface area contributed by atoms with Gasteiger partial charge in [-0.3, -0.25) is 9.89 Å². The summed E-state index contributed by atoms with van der Waals surface area (Å²) in [7, 11) is 0. The van der Waals surface area contributed by atoms with Gasteiger partial charge in [0.15, 0.2) is 5.82 Å². The molecule has 0 bridgehead atoms. The molecule has 0 aliphatic rings. The van der Waals surface area contributed by atoms with Crippen molar-refractivity contribution in [3.05, 3.63) is 71.3 Å². The number of aromatic nitrogens is 3. The topological polar surface area (TPSA) is 62.7 Å². The molecule has 2 heterocycles. The van der Waals surface area contributed by atoms with Gasteiger partial charge in [-0.25, -0.2) is 0 Å². The Morgan fingerprint density at radius 3 is 2.63 bits per heavy atom. The van der Waals surface area contributed by atoms with Crippen molar-refractivity contribution in [3.63, 3.8) is 0 Å². The van der Waals surface area contributed by atoms with Gasteiger partial charge in [-0.05, 0) is 44.0 Å². The molecule has 5 heteroatoms. The van der Waals surface area contributed by atoms with Gasteiger partial charge >= 0.3 is 0 Å². The molecule has 4 aromatic rings. The Labute approximate surface area is 158 Å². The number of anilines is 1. The molecule has 2 aromatic carbocycles. The number of aryl methyl sites for hydroxylation is 3. The van der Waals surface area contributed by atoms with Crippen molar-refractivity contribution < 1.29 is 4.79 Å². The fraction of sp³-hybridized carbons (Fsp3) is 0.182. The van der Waals surface area contributed by atoms with Crippen LogP contribution in [0.25, 0.3) is 22.3 Å². The number of H-pyrrole nitrogens is 1. The number of carbonyl (C=O) groups excluding carboxylic acids is 1. The standard InChI is InChI=1S/C22H22N4O/c1-4-26-19-12-8-7-11-17(19)15(3)21(26)18-13-20(25-24-18)23-22(27)16-10-6-5-9-14(16)2/h5-13H,4H2,1-3H3,(H2,23,24,25,27). The minimum Gasteiger partial charge on any atom is -0.339 e. The molecule has 0 fully saturated rings. The summed E-state index contributed by atoms with van der Waals surface area (Å²) in [6, 6.07) is 17.8. The zero-order valence-electron chi connectivity index (χ0n) is 15.7. The Morgan fingerprint density at radius 2 is 1.85 bits per heavy atom. The normalized spacial score (nSPS) is 11.1. The fourth-order valence-electron chi connectivity index (χ4n) is 3.67. The fourth-order valence-corrected chi connectivity index (χ4v) is 3.67. The van der Waals surface area contributed by atoms with Crippen LogP contribution in [0, 0.1) is 13.8 Å². The number of hydrogen-bond donors (Lipinski definition) is 2. The summed E-state index contributed by atoms with van der Waals surface area (Å²) in [6.45, 7) is 7.03. The van der Waals surface area contributed by atoms with E-state index in [0.29, 0.717) is 11.4 Å². The Morgan fingerprint density at radius 1 is 1.11 bits per heavy atom. The molecule has 0 aliphatic heterocycles. The first-order chi connectivity index (χ1) is 13.1. The average molecular weight is 358 g/mol. The smallest absolute Gasteiger partial charge is 0.257 e. The van der Waals surface area contributed by atoms with Crippen LogP contribution in [-0.2, 0) is 6.54 Å². The molecule has 0 saturated carbocycles. The van der Waals surface area contributed by atoms with Gasteiger partial charge < -0.3 is 9.88 Å². The lowest BCUT2D eigenvalue weighted by molar-refractivity contribution is 0.102. The summed E-state index contributed by atoms with van der Waals surface area (Å²) in [5, 5.41) is 11.5. The third-order valence-corrected chi connectivity index (χ3v) is 5.00. The maximum atomic E-state index is 12.5. The predicted molar refractivity (Wildman–Crippen MR) is 109 cm³/mol. The molecule has 0 unspecified atom stereocenters. The third-order valence-electron chi connectivity index (χ3n) is 5.00. The molecule has 4 rings (SSSR count). The van der Waals surface area contributed by atoms with Crippen molar-refractivity contribution in [2.24, 2.45) is 0 Å². The van der Waals surface area contributed by atoms with Crippen LogP contribution >= 0.6 is 0 Å². The van der Waals surface area contributed by atoms with Gasteiger partial charge in [0.05, 0.1) is 11.4 Å². The predicted octanol–water partition coefficient (Wildman–Crippen LogP) is 4.92. The summed E-state index contributed by atoms with van der Waals surface area (Å²) in [5.41, 5.74) is 5.99. The van der Waals surface area contributed by atoms with E-state index in [4.69, 9.17) is 0 Å². The molecule has 27 heavy (non-hydrogen) atoms. The van der Waals surface area contributed by atoms with Crippen LogP contribution < -0.4 is 5.32 Å². The number of amides is 1. The van der Waals surface area contributed by atoms with Crippen molar-refractivity contribution >= 4 is 22.6 Å². The molecular weight excluding hydrogens is 336 g/mol. The van der Waals surface area contributed by atoms with Crippen LogP contribution in [0.4, 0.5) is 5.82 Å². The number of nitrogens with zero attached hydrogens (tertiary/aromatic N) is 2. The van der Waals surface area contributed by atoms with Gasteiger partial charge in [0.2, 0.25) is 0 Å². The van der Waals surface area contributed by atoms with Gasteiger partial charge in [-0.15, -0.1) is 0 Å². The zero-order chi connectivity index (χ0) is 19.0. The Hall–Kier alpha value is -3.34. The number of nitrogens with one attached hydrogen (secondary N) is 2. The highest BCUT2D eigenvalue weighted by Gasteiger charge is 2.17. The van der Waals surface area contributed by atoms with Crippen molar-refractivity contribution in [2.45, 2.75) is 27.3 Å². The summed E-state index contributed by atoms with van der Waals surface area (Å²) < 4.78 is 2.27. The van der Waals surface area contributed by atoms with E-state index in [1.807, 2.05) is 37.3 Å². The van der Waals surface area contributed by atoms with E-state index in [-0.39, 0.29) is 5.91 Å². The number of carbonyl (C=O) groups is 1. The summed E-state index contributed by atoms with van der Waals surface area (Å²) in [5.74, 6) is 0.365. The molecule has 0 saturated heterocycles. The summed E-state index contributed by atoms with van der Waals surface area (Å²) in [6.07, 6.45) is 0. The molecule has 136 valence electrons. The van der Waals surface area contributed by atoms with Crippen molar-refractivity contribution in [1.29, 1.82) is 0 Å². The van der Waals surface area contributed by atoms with Gasteiger partial charge in [-0.2, -0.15) is 5.10 Å². The summed E-state index contributed by atoms with van der Waals surface area (Å²) >= 11 is 0. The molecule has 0 aliphatic carbocycles. The Balaban J connectivity index is 1.69. The first-order valence-electron chi connectivity index (χ1n) is 9.10. The van der Waals surface area contributed by atoms with Crippen molar-refractivity contribution in [3.8, 4) is 11.4 Å². The van der Waals surface area contributed by atoms with Crippen LogP contribution in [0.15, 0.2) is 54.6 Å². The molecule has 2 aromatic heterocycles. The lowest BCUT2D eigenvalue weighted by atomic mass is 10.1. The van der Waals surface area contributed by atoms with E-state index in [2.05, 4.69) is 58.2 Å². The largest absolute Gasteiger partial charge is 0.339 e. The molecule has 0 spiro atoms. The van der Waals surface area contributed by atoms with E-state index in [1.54, 1.807) is 0 Å². The molecule has 5 nitrogen and oxygen atoms in total. The maximum Gasteiger partial charge on any atom is 0.257 e. The van der Waals surface area contributed by atoms with Crippen molar-refractivity contribution in [2.75, 3.05) is 5.32 Å². The Bertz CT molecular complexity index is 1140. The Kier molecular flexibility index (Phi) is 4.28. The second-order valence-electron chi connectivity index (χ2n) is 6.67. The van der Waals surface area contributed by atoms with Crippen LogP contribution in [0.2, 0.25) is 0 Å². The van der Waals surface area contributed by atoms with E-state index in [9.17, 15) is 4.79 Å². The SMILES string of the molecule is CCn1c(-c2cc(NC(=O)c3ccccc3C)n[nH]2)c(C)c2ccccc21. The number of rotatable bonds is 4. The zero-order valence-corrected chi connectivity index (χ0v) is 15.7. The monoisotopic (exact) mass is 358 g/mol. The molecule has 2 N–H and O–H groups in total. The minimum atomic E-state index is -0.154.